The Hall–Kier alpha value is -2.67. The van der Waals surface area contributed by atoms with E-state index in [-0.39, 0.29) is 5.91 Å². The molecule has 0 saturated carbocycles. The number of anilines is 2. The molecule has 2 aromatic rings. The molecule has 2 heterocycles. The summed E-state index contributed by atoms with van der Waals surface area (Å²) in [4.78, 5) is 23.2. The SMILES string of the molecule is Cc1cc(N2CCOCC2)nc(NCCNC(=O)CCCc2ccccc2)n1. The molecule has 150 valence electrons. The Labute approximate surface area is 166 Å². The zero-order valence-corrected chi connectivity index (χ0v) is 16.5. The second-order valence-electron chi connectivity index (χ2n) is 6.91. The number of aromatic nitrogens is 2. The van der Waals surface area contributed by atoms with Crippen LogP contribution in [-0.2, 0) is 16.0 Å². The van der Waals surface area contributed by atoms with E-state index < -0.39 is 0 Å². The number of benzene rings is 1. The molecule has 0 spiro atoms. The van der Waals surface area contributed by atoms with E-state index >= 15 is 0 Å². The van der Waals surface area contributed by atoms with Crippen LogP contribution in [0, 0.1) is 6.92 Å². The Morgan fingerprint density at radius 1 is 1.14 bits per heavy atom. The number of carbonyl (C=O) groups is 1. The predicted octanol–water partition coefficient (Wildman–Crippen LogP) is 2.17. The lowest BCUT2D eigenvalue weighted by Gasteiger charge is -2.28. The van der Waals surface area contributed by atoms with E-state index in [0.29, 0.717) is 25.5 Å². The zero-order valence-electron chi connectivity index (χ0n) is 16.5. The number of nitrogens with one attached hydrogen (secondary N) is 2. The van der Waals surface area contributed by atoms with E-state index in [1.54, 1.807) is 0 Å². The lowest BCUT2D eigenvalue weighted by atomic mass is 10.1. The number of nitrogens with zero attached hydrogens (tertiary/aromatic N) is 3. The fourth-order valence-corrected chi connectivity index (χ4v) is 3.15. The number of rotatable bonds is 9. The fraction of sp³-hybridized carbons (Fsp3) is 0.476. The highest BCUT2D eigenvalue weighted by Crippen LogP contribution is 2.16. The maximum Gasteiger partial charge on any atom is 0.224 e. The van der Waals surface area contributed by atoms with Gasteiger partial charge in [-0.1, -0.05) is 30.3 Å². The number of morpholine rings is 1. The quantitative estimate of drug-likeness (QED) is 0.646. The van der Waals surface area contributed by atoms with Gasteiger partial charge < -0.3 is 20.3 Å². The molecule has 1 aromatic heterocycles. The standard InChI is InChI=1S/C21H29N5O2/c1-17-16-19(26-12-14-28-15-13-26)25-21(24-17)23-11-10-22-20(27)9-5-8-18-6-3-2-4-7-18/h2-4,6-7,16H,5,8-15H2,1H3,(H,22,27)(H,23,24,25). The third kappa shape index (κ3) is 6.49. The number of aryl methyl sites for hydroxylation is 2. The van der Waals surface area contributed by atoms with Crippen LogP contribution in [0.15, 0.2) is 36.4 Å². The molecule has 0 atom stereocenters. The predicted molar refractivity (Wildman–Crippen MR) is 111 cm³/mol. The van der Waals surface area contributed by atoms with Crippen LogP contribution >= 0.6 is 0 Å². The van der Waals surface area contributed by atoms with Gasteiger partial charge in [-0.15, -0.1) is 0 Å². The van der Waals surface area contributed by atoms with Gasteiger partial charge in [-0.05, 0) is 25.3 Å². The average Bonchev–Trinajstić information content (AvgIpc) is 2.72. The van der Waals surface area contributed by atoms with Gasteiger partial charge in [0.2, 0.25) is 11.9 Å². The molecule has 0 aliphatic carbocycles. The zero-order chi connectivity index (χ0) is 19.6. The van der Waals surface area contributed by atoms with Gasteiger partial charge in [0.25, 0.3) is 0 Å². The molecule has 3 rings (SSSR count). The van der Waals surface area contributed by atoms with Crippen molar-refractivity contribution in [2.75, 3.05) is 49.6 Å². The van der Waals surface area contributed by atoms with Gasteiger partial charge in [-0.3, -0.25) is 4.79 Å². The van der Waals surface area contributed by atoms with Crippen LogP contribution in [0.2, 0.25) is 0 Å². The van der Waals surface area contributed by atoms with Crippen molar-refractivity contribution in [3.05, 3.63) is 47.7 Å². The molecule has 0 unspecified atom stereocenters. The van der Waals surface area contributed by atoms with Gasteiger partial charge in [0.15, 0.2) is 0 Å². The van der Waals surface area contributed by atoms with Crippen LogP contribution in [0.25, 0.3) is 0 Å². The molecule has 28 heavy (non-hydrogen) atoms. The molecule has 0 bridgehead atoms. The normalized spacial score (nSPS) is 14.0. The summed E-state index contributed by atoms with van der Waals surface area (Å²) in [6.45, 7) is 6.24. The van der Waals surface area contributed by atoms with Gasteiger partial charge in [0.1, 0.15) is 5.82 Å². The maximum absolute atomic E-state index is 12.0. The minimum atomic E-state index is 0.0805. The van der Waals surface area contributed by atoms with Crippen molar-refractivity contribution in [3.63, 3.8) is 0 Å². The van der Waals surface area contributed by atoms with Gasteiger partial charge in [0.05, 0.1) is 13.2 Å². The molecule has 1 saturated heterocycles. The molecular weight excluding hydrogens is 354 g/mol. The Bertz CT molecular complexity index is 748. The Morgan fingerprint density at radius 3 is 2.71 bits per heavy atom. The summed E-state index contributed by atoms with van der Waals surface area (Å²) in [5, 5.41) is 6.16. The van der Waals surface area contributed by atoms with Gasteiger partial charge in [0, 0.05) is 44.4 Å². The van der Waals surface area contributed by atoms with Crippen molar-refractivity contribution in [2.45, 2.75) is 26.2 Å². The fourth-order valence-electron chi connectivity index (χ4n) is 3.15. The Morgan fingerprint density at radius 2 is 1.93 bits per heavy atom. The van der Waals surface area contributed by atoms with E-state index in [0.717, 1.165) is 50.7 Å². The molecule has 1 aromatic carbocycles. The molecule has 2 N–H and O–H groups in total. The summed E-state index contributed by atoms with van der Waals surface area (Å²) < 4.78 is 5.40. The van der Waals surface area contributed by atoms with Crippen molar-refractivity contribution >= 4 is 17.7 Å². The number of hydrogen-bond acceptors (Lipinski definition) is 6. The molecular formula is C21H29N5O2. The van der Waals surface area contributed by atoms with Crippen molar-refractivity contribution < 1.29 is 9.53 Å². The van der Waals surface area contributed by atoms with Crippen molar-refractivity contribution in [1.82, 2.24) is 15.3 Å². The first-order valence-electron chi connectivity index (χ1n) is 9.93. The van der Waals surface area contributed by atoms with Crippen molar-refractivity contribution in [2.24, 2.45) is 0 Å². The largest absolute Gasteiger partial charge is 0.378 e. The van der Waals surface area contributed by atoms with Gasteiger partial charge >= 0.3 is 0 Å². The topological polar surface area (TPSA) is 79.4 Å². The first-order chi connectivity index (χ1) is 13.7. The monoisotopic (exact) mass is 383 g/mol. The minimum Gasteiger partial charge on any atom is -0.378 e. The Balaban J connectivity index is 1.36. The highest BCUT2D eigenvalue weighted by molar-refractivity contribution is 5.75. The van der Waals surface area contributed by atoms with E-state index in [4.69, 9.17) is 4.74 Å². The second-order valence-corrected chi connectivity index (χ2v) is 6.91. The highest BCUT2D eigenvalue weighted by Gasteiger charge is 2.14. The second kappa shape index (κ2) is 10.6. The summed E-state index contributed by atoms with van der Waals surface area (Å²) in [6, 6.07) is 12.2. The summed E-state index contributed by atoms with van der Waals surface area (Å²) >= 11 is 0. The van der Waals surface area contributed by atoms with E-state index in [2.05, 4.69) is 37.6 Å². The number of ether oxygens (including phenoxy) is 1. The van der Waals surface area contributed by atoms with Crippen LogP contribution in [-0.4, -0.2) is 55.3 Å². The van der Waals surface area contributed by atoms with E-state index in [1.165, 1.54) is 5.56 Å². The van der Waals surface area contributed by atoms with Crippen LogP contribution in [0.5, 0.6) is 0 Å². The molecule has 7 heteroatoms. The van der Waals surface area contributed by atoms with Crippen molar-refractivity contribution in [3.8, 4) is 0 Å². The third-order valence-electron chi connectivity index (χ3n) is 4.62. The van der Waals surface area contributed by atoms with Crippen LogP contribution in [0.1, 0.15) is 24.1 Å². The lowest BCUT2D eigenvalue weighted by molar-refractivity contribution is -0.121. The van der Waals surface area contributed by atoms with Crippen LogP contribution in [0.4, 0.5) is 11.8 Å². The van der Waals surface area contributed by atoms with E-state index in [1.807, 2.05) is 31.2 Å². The average molecular weight is 383 g/mol. The first-order valence-corrected chi connectivity index (χ1v) is 9.93. The minimum absolute atomic E-state index is 0.0805. The summed E-state index contributed by atoms with van der Waals surface area (Å²) in [5.74, 6) is 1.60. The summed E-state index contributed by atoms with van der Waals surface area (Å²) in [5.41, 5.74) is 2.19. The molecule has 1 aliphatic rings. The van der Waals surface area contributed by atoms with Crippen LogP contribution < -0.4 is 15.5 Å². The van der Waals surface area contributed by atoms with Gasteiger partial charge in [-0.2, -0.15) is 4.98 Å². The van der Waals surface area contributed by atoms with Crippen molar-refractivity contribution in [1.29, 1.82) is 0 Å². The molecule has 0 radical (unpaired) electrons. The Kier molecular flexibility index (Phi) is 7.61. The number of carbonyl (C=O) groups excluding carboxylic acids is 1. The first kappa shape index (κ1) is 20.1. The van der Waals surface area contributed by atoms with Crippen LogP contribution in [0.3, 0.4) is 0 Å². The van der Waals surface area contributed by atoms with Gasteiger partial charge in [-0.25, -0.2) is 4.98 Å². The highest BCUT2D eigenvalue weighted by atomic mass is 16.5. The number of amides is 1. The molecule has 1 fully saturated rings. The third-order valence-corrected chi connectivity index (χ3v) is 4.62. The molecule has 1 amide bonds. The maximum atomic E-state index is 12.0. The molecule has 7 nitrogen and oxygen atoms in total. The smallest absolute Gasteiger partial charge is 0.224 e. The molecule has 1 aliphatic heterocycles. The van der Waals surface area contributed by atoms with E-state index in [9.17, 15) is 4.79 Å². The summed E-state index contributed by atoms with van der Waals surface area (Å²) in [7, 11) is 0. The number of hydrogen-bond donors (Lipinski definition) is 2. The lowest BCUT2D eigenvalue weighted by Crippen LogP contribution is -2.37. The summed E-state index contributed by atoms with van der Waals surface area (Å²) in [6.07, 6.45) is 2.32.